The normalized spacial score (nSPS) is 19.8. The highest BCUT2D eigenvalue weighted by atomic mass is 16.2. The molecular weight excluding hydrogens is 236 g/mol. The van der Waals surface area contributed by atoms with E-state index >= 15 is 0 Å². The number of nitrogens with zero attached hydrogens (tertiary/aromatic N) is 1. The average Bonchev–Trinajstić information content (AvgIpc) is 2.38. The summed E-state index contributed by atoms with van der Waals surface area (Å²) in [5.41, 5.74) is 3.16. The number of carbonyl (C=O) groups excluding carboxylic acids is 1. The van der Waals surface area contributed by atoms with Crippen LogP contribution in [0.3, 0.4) is 0 Å². The molecule has 1 aromatic carbocycles. The molecule has 1 amide bonds. The van der Waals surface area contributed by atoms with Crippen molar-refractivity contribution in [3.63, 3.8) is 0 Å². The quantitative estimate of drug-likeness (QED) is 0.886. The minimum atomic E-state index is 0.174. The molecule has 0 saturated carbocycles. The highest BCUT2D eigenvalue weighted by molar-refractivity contribution is 5.96. The minimum absolute atomic E-state index is 0.174. The molecule has 0 radical (unpaired) electrons. The number of rotatable bonds is 2. The monoisotopic (exact) mass is 260 g/mol. The van der Waals surface area contributed by atoms with Crippen LogP contribution in [0, 0.1) is 6.92 Å². The number of hydrogen-bond acceptors (Lipinski definition) is 2. The first-order chi connectivity index (χ1) is 8.99. The lowest BCUT2D eigenvalue weighted by Gasteiger charge is -2.32. The Kier molecular flexibility index (Phi) is 4.25. The highest BCUT2D eigenvalue weighted by Crippen LogP contribution is 2.20. The summed E-state index contributed by atoms with van der Waals surface area (Å²) in [6.07, 6.45) is 0. The van der Waals surface area contributed by atoms with Gasteiger partial charge in [-0.05, 0) is 37.0 Å². The van der Waals surface area contributed by atoms with Crippen molar-refractivity contribution in [3.8, 4) is 0 Å². The van der Waals surface area contributed by atoms with Gasteiger partial charge in [0, 0.05) is 31.2 Å². The molecule has 104 valence electrons. The van der Waals surface area contributed by atoms with E-state index in [1.807, 2.05) is 11.8 Å². The molecule has 1 aromatic rings. The first-order valence-electron chi connectivity index (χ1n) is 7.12. The van der Waals surface area contributed by atoms with Crippen LogP contribution in [0.15, 0.2) is 18.2 Å². The molecule has 1 aliphatic heterocycles. The first-order valence-corrected chi connectivity index (χ1v) is 7.12. The smallest absolute Gasteiger partial charge is 0.254 e. The summed E-state index contributed by atoms with van der Waals surface area (Å²) in [5.74, 6) is 0.627. The maximum Gasteiger partial charge on any atom is 0.254 e. The van der Waals surface area contributed by atoms with E-state index in [1.54, 1.807) is 0 Å². The minimum Gasteiger partial charge on any atom is -0.336 e. The number of piperazine rings is 1. The van der Waals surface area contributed by atoms with Gasteiger partial charge in [0.25, 0.3) is 5.91 Å². The first kappa shape index (κ1) is 14.1. The van der Waals surface area contributed by atoms with Gasteiger partial charge < -0.3 is 10.2 Å². The van der Waals surface area contributed by atoms with E-state index in [1.165, 1.54) is 5.56 Å². The van der Waals surface area contributed by atoms with E-state index in [-0.39, 0.29) is 5.91 Å². The fraction of sp³-hybridized carbons (Fsp3) is 0.562. The number of amides is 1. The van der Waals surface area contributed by atoms with E-state index in [0.29, 0.717) is 12.0 Å². The number of aryl methyl sites for hydroxylation is 1. The standard InChI is InChI=1S/C16H24N2O/c1-11(2)14-6-5-12(3)15(9-14)16(19)18-8-7-17-13(4)10-18/h5-6,9,11,13,17H,7-8,10H2,1-4H3. The summed E-state index contributed by atoms with van der Waals surface area (Å²) in [6.45, 7) is 10.9. The lowest BCUT2D eigenvalue weighted by molar-refractivity contribution is 0.0708. The van der Waals surface area contributed by atoms with Crippen molar-refractivity contribution in [1.82, 2.24) is 10.2 Å². The van der Waals surface area contributed by atoms with Gasteiger partial charge in [-0.3, -0.25) is 4.79 Å². The average molecular weight is 260 g/mol. The summed E-state index contributed by atoms with van der Waals surface area (Å²) in [6, 6.07) is 6.63. The number of carbonyl (C=O) groups is 1. The van der Waals surface area contributed by atoms with Gasteiger partial charge in [-0.2, -0.15) is 0 Å². The summed E-state index contributed by atoms with van der Waals surface area (Å²) in [4.78, 5) is 14.6. The van der Waals surface area contributed by atoms with Crippen LogP contribution < -0.4 is 5.32 Å². The molecule has 3 heteroatoms. The molecule has 3 nitrogen and oxygen atoms in total. The van der Waals surface area contributed by atoms with Crippen molar-refractivity contribution in [2.75, 3.05) is 19.6 Å². The maximum atomic E-state index is 12.6. The van der Waals surface area contributed by atoms with E-state index in [2.05, 4.69) is 44.3 Å². The fourth-order valence-electron chi connectivity index (χ4n) is 2.52. The van der Waals surface area contributed by atoms with Crippen molar-refractivity contribution in [1.29, 1.82) is 0 Å². The second kappa shape index (κ2) is 5.74. The van der Waals surface area contributed by atoms with Crippen molar-refractivity contribution in [2.24, 2.45) is 0 Å². The van der Waals surface area contributed by atoms with E-state index in [0.717, 1.165) is 30.8 Å². The van der Waals surface area contributed by atoms with Crippen molar-refractivity contribution in [2.45, 2.75) is 39.7 Å². The predicted molar refractivity (Wildman–Crippen MR) is 78.6 cm³/mol. The molecule has 1 aliphatic rings. The number of hydrogen-bond donors (Lipinski definition) is 1. The summed E-state index contributed by atoms with van der Waals surface area (Å²) in [5, 5.41) is 3.37. The molecule has 1 atom stereocenters. The van der Waals surface area contributed by atoms with Crippen molar-refractivity contribution >= 4 is 5.91 Å². The Bertz CT molecular complexity index is 468. The van der Waals surface area contributed by atoms with E-state index in [4.69, 9.17) is 0 Å². The second-order valence-corrected chi connectivity index (χ2v) is 5.84. The van der Waals surface area contributed by atoms with Gasteiger partial charge >= 0.3 is 0 Å². The fourth-order valence-corrected chi connectivity index (χ4v) is 2.52. The van der Waals surface area contributed by atoms with E-state index in [9.17, 15) is 4.79 Å². The van der Waals surface area contributed by atoms with Crippen LogP contribution in [-0.2, 0) is 0 Å². The molecule has 2 rings (SSSR count). The Hall–Kier alpha value is -1.35. The second-order valence-electron chi connectivity index (χ2n) is 5.84. The predicted octanol–water partition coefficient (Wildman–Crippen LogP) is 2.55. The zero-order valence-electron chi connectivity index (χ0n) is 12.4. The molecule has 1 N–H and O–H groups in total. The molecule has 1 saturated heterocycles. The molecule has 1 unspecified atom stereocenters. The van der Waals surface area contributed by atoms with E-state index < -0.39 is 0 Å². The van der Waals surface area contributed by atoms with Crippen molar-refractivity contribution < 1.29 is 4.79 Å². The van der Waals surface area contributed by atoms with Crippen LogP contribution in [0.4, 0.5) is 0 Å². The molecule has 0 aliphatic carbocycles. The molecular formula is C16H24N2O. The Morgan fingerprint density at radius 3 is 2.79 bits per heavy atom. The number of benzene rings is 1. The molecule has 19 heavy (non-hydrogen) atoms. The van der Waals surface area contributed by atoms with Crippen LogP contribution in [0.5, 0.6) is 0 Å². The van der Waals surface area contributed by atoms with Crippen LogP contribution in [0.25, 0.3) is 0 Å². The zero-order valence-corrected chi connectivity index (χ0v) is 12.4. The van der Waals surface area contributed by atoms with Gasteiger partial charge in [0.05, 0.1) is 0 Å². The van der Waals surface area contributed by atoms with Crippen molar-refractivity contribution in [3.05, 3.63) is 34.9 Å². The molecule has 0 aromatic heterocycles. The van der Waals surface area contributed by atoms with Gasteiger partial charge in [0.1, 0.15) is 0 Å². The third kappa shape index (κ3) is 3.16. The summed E-state index contributed by atoms with van der Waals surface area (Å²) in [7, 11) is 0. The topological polar surface area (TPSA) is 32.3 Å². The third-order valence-corrected chi connectivity index (χ3v) is 3.81. The molecule has 1 fully saturated rings. The Balaban J connectivity index is 2.24. The Labute approximate surface area is 116 Å². The van der Waals surface area contributed by atoms with Crippen LogP contribution >= 0.6 is 0 Å². The van der Waals surface area contributed by atoms with Crippen LogP contribution in [0.2, 0.25) is 0 Å². The van der Waals surface area contributed by atoms with Crippen LogP contribution in [-0.4, -0.2) is 36.5 Å². The van der Waals surface area contributed by atoms with Gasteiger partial charge in [-0.25, -0.2) is 0 Å². The largest absolute Gasteiger partial charge is 0.336 e. The Morgan fingerprint density at radius 2 is 2.16 bits per heavy atom. The SMILES string of the molecule is Cc1ccc(C(C)C)cc1C(=O)N1CCNC(C)C1. The van der Waals surface area contributed by atoms with Gasteiger partial charge in [-0.15, -0.1) is 0 Å². The van der Waals surface area contributed by atoms with Crippen LogP contribution in [0.1, 0.15) is 48.2 Å². The van der Waals surface area contributed by atoms with Gasteiger partial charge in [0.15, 0.2) is 0 Å². The third-order valence-electron chi connectivity index (χ3n) is 3.81. The van der Waals surface area contributed by atoms with Gasteiger partial charge in [0.2, 0.25) is 0 Å². The highest BCUT2D eigenvalue weighted by Gasteiger charge is 2.23. The zero-order chi connectivity index (χ0) is 14.0. The molecule has 0 bridgehead atoms. The number of nitrogens with one attached hydrogen (secondary N) is 1. The molecule has 0 spiro atoms. The summed E-state index contributed by atoms with van der Waals surface area (Å²) < 4.78 is 0. The Morgan fingerprint density at radius 1 is 1.42 bits per heavy atom. The van der Waals surface area contributed by atoms with Gasteiger partial charge in [-0.1, -0.05) is 26.0 Å². The molecule has 1 heterocycles. The lowest BCUT2D eigenvalue weighted by atomic mass is 9.97. The maximum absolute atomic E-state index is 12.6. The lowest BCUT2D eigenvalue weighted by Crippen LogP contribution is -2.51. The summed E-state index contributed by atoms with van der Waals surface area (Å²) >= 11 is 0.